The van der Waals surface area contributed by atoms with Crippen molar-refractivity contribution in [2.75, 3.05) is 62.8 Å². The summed E-state index contributed by atoms with van der Waals surface area (Å²) < 4.78 is 28.7. The predicted molar refractivity (Wildman–Crippen MR) is 106 cm³/mol. The van der Waals surface area contributed by atoms with Gasteiger partial charge in [0.25, 0.3) is 0 Å². The van der Waals surface area contributed by atoms with Gasteiger partial charge in [-0.3, -0.25) is 9.59 Å². The second-order valence-electron chi connectivity index (χ2n) is 7.16. The van der Waals surface area contributed by atoms with Gasteiger partial charge in [0.2, 0.25) is 0 Å². The number of amides is 2. The number of carbonyl (C=O) groups excluding carboxylic acids is 2. The average molecular weight is 410 g/mol. The largest absolute Gasteiger partial charge is 0.383 e. The number of carbonyl (C=O) groups is 2. The van der Waals surface area contributed by atoms with E-state index in [-0.39, 0.29) is 24.7 Å². The van der Waals surface area contributed by atoms with Crippen LogP contribution in [0, 0.1) is 0 Å². The molecule has 2 amide bonds. The van der Waals surface area contributed by atoms with Crippen molar-refractivity contribution in [1.82, 2.24) is 9.80 Å². The lowest BCUT2D eigenvalue weighted by Gasteiger charge is -2.37. The van der Waals surface area contributed by atoms with Crippen LogP contribution in [0.1, 0.15) is 6.42 Å². The number of anilines is 1. The SMILES string of the molecule is COCCN(C(=O)C(=O)N1CCN(c2ccccc2)CC1)C1CCS(=O)(=O)C1. The Hall–Kier alpha value is -2.13. The van der Waals surface area contributed by atoms with Crippen LogP contribution in [-0.4, -0.2) is 94.0 Å². The molecule has 28 heavy (non-hydrogen) atoms. The molecule has 1 aromatic rings. The Balaban J connectivity index is 1.62. The monoisotopic (exact) mass is 409 g/mol. The highest BCUT2D eigenvalue weighted by atomic mass is 32.2. The molecule has 3 rings (SSSR count). The lowest BCUT2D eigenvalue weighted by atomic mass is 10.2. The van der Waals surface area contributed by atoms with Crippen LogP contribution < -0.4 is 4.90 Å². The van der Waals surface area contributed by atoms with Crippen LogP contribution in [0.15, 0.2) is 30.3 Å². The summed E-state index contributed by atoms with van der Waals surface area (Å²) in [6.07, 6.45) is 0.368. The molecule has 0 bridgehead atoms. The molecule has 1 aromatic carbocycles. The Bertz CT molecular complexity index is 791. The fourth-order valence-electron chi connectivity index (χ4n) is 3.73. The van der Waals surface area contributed by atoms with E-state index in [4.69, 9.17) is 4.74 Å². The summed E-state index contributed by atoms with van der Waals surface area (Å²) >= 11 is 0. The third-order valence-corrected chi connectivity index (χ3v) is 7.07. The van der Waals surface area contributed by atoms with Gasteiger partial charge in [0.15, 0.2) is 9.84 Å². The lowest BCUT2D eigenvalue weighted by Crippen LogP contribution is -2.55. The second-order valence-corrected chi connectivity index (χ2v) is 9.39. The van der Waals surface area contributed by atoms with Crippen molar-refractivity contribution in [3.05, 3.63) is 30.3 Å². The Morgan fingerprint density at radius 1 is 1.14 bits per heavy atom. The van der Waals surface area contributed by atoms with Gasteiger partial charge in [0, 0.05) is 51.6 Å². The number of sulfone groups is 1. The second kappa shape index (κ2) is 8.91. The molecule has 1 atom stereocenters. The summed E-state index contributed by atoms with van der Waals surface area (Å²) in [7, 11) is -1.64. The molecular formula is C19H27N3O5S. The smallest absolute Gasteiger partial charge is 0.312 e. The maximum atomic E-state index is 12.9. The fourth-order valence-corrected chi connectivity index (χ4v) is 5.46. The van der Waals surface area contributed by atoms with Gasteiger partial charge in [-0.05, 0) is 18.6 Å². The van der Waals surface area contributed by atoms with Crippen LogP contribution >= 0.6 is 0 Å². The highest BCUT2D eigenvalue weighted by molar-refractivity contribution is 7.91. The Morgan fingerprint density at radius 2 is 1.82 bits per heavy atom. The van der Waals surface area contributed by atoms with Crippen molar-refractivity contribution in [1.29, 1.82) is 0 Å². The molecule has 2 fully saturated rings. The molecule has 2 saturated heterocycles. The standard InChI is InChI=1S/C19H27N3O5S/c1-27-13-12-22(17-7-14-28(25,26)15-17)19(24)18(23)21-10-8-20(9-11-21)16-5-3-2-4-6-16/h2-6,17H,7-15H2,1H3. The number of piperazine rings is 1. The van der Waals surface area contributed by atoms with E-state index in [0.717, 1.165) is 5.69 Å². The van der Waals surface area contributed by atoms with E-state index in [1.54, 1.807) is 4.90 Å². The molecule has 0 saturated carbocycles. The first-order valence-electron chi connectivity index (χ1n) is 9.50. The number of hydrogen-bond donors (Lipinski definition) is 0. The van der Waals surface area contributed by atoms with E-state index in [0.29, 0.717) is 32.6 Å². The summed E-state index contributed by atoms with van der Waals surface area (Å²) in [6, 6.07) is 9.49. The minimum Gasteiger partial charge on any atom is -0.383 e. The predicted octanol–water partition coefficient (Wildman–Crippen LogP) is -0.00270. The molecule has 2 heterocycles. The van der Waals surface area contributed by atoms with Crippen LogP contribution in [0.5, 0.6) is 0 Å². The van der Waals surface area contributed by atoms with Gasteiger partial charge < -0.3 is 19.4 Å². The number of rotatable bonds is 5. The maximum Gasteiger partial charge on any atom is 0.312 e. The van der Waals surface area contributed by atoms with Crippen LogP contribution in [0.3, 0.4) is 0 Å². The van der Waals surface area contributed by atoms with E-state index in [1.165, 1.54) is 12.0 Å². The van der Waals surface area contributed by atoms with Gasteiger partial charge in [-0.2, -0.15) is 0 Å². The first-order valence-corrected chi connectivity index (χ1v) is 11.3. The minimum absolute atomic E-state index is 0.0539. The summed E-state index contributed by atoms with van der Waals surface area (Å²) in [5, 5.41) is 0. The first kappa shape index (κ1) is 20.6. The molecule has 9 heteroatoms. The number of methoxy groups -OCH3 is 1. The van der Waals surface area contributed by atoms with E-state index in [9.17, 15) is 18.0 Å². The van der Waals surface area contributed by atoms with Crippen LogP contribution in [0.25, 0.3) is 0 Å². The van der Waals surface area contributed by atoms with Gasteiger partial charge in [-0.1, -0.05) is 18.2 Å². The third-order valence-electron chi connectivity index (χ3n) is 5.32. The molecule has 8 nitrogen and oxygen atoms in total. The minimum atomic E-state index is -3.15. The quantitative estimate of drug-likeness (QED) is 0.636. The molecule has 1 unspecified atom stereocenters. The van der Waals surface area contributed by atoms with Crippen molar-refractivity contribution >= 4 is 27.3 Å². The zero-order valence-corrected chi connectivity index (χ0v) is 16.9. The number of nitrogens with zero attached hydrogens (tertiary/aromatic N) is 3. The van der Waals surface area contributed by atoms with E-state index >= 15 is 0 Å². The van der Waals surface area contributed by atoms with Crippen molar-refractivity contribution in [2.24, 2.45) is 0 Å². The van der Waals surface area contributed by atoms with Gasteiger partial charge in [0.1, 0.15) is 0 Å². The van der Waals surface area contributed by atoms with Crippen LogP contribution in [0.4, 0.5) is 5.69 Å². The number of ether oxygens (including phenoxy) is 1. The van der Waals surface area contributed by atoms with Crippen molar-refractivity contribution in [3.63, 3.8) is 0 Å². The third kappa shape index (κ3) is 4.82. The Morgan fingerprint density at radius 3 is 2.39 bits per heavy atom. The molecule has 2 aliphatic rings. The average Bonchev–Trinajstić information content (AvgIpc) is 3.08. The number of benzene rings is 1. The number of hydrogen-bond acceptors (Lipinski definition) is 6. The van der Waals surface area contributed by atoms with Crippen LogP contribution in [-0.2, 0) is 24.2 Å². The normalized spacial score (nSPS) is 21.5. The van der Waals surface area contributed by atoms with Crippen LogP contribution in [0.2, 0.25) is 0 Å². The van der Waals surface area contributed by atoms with Gasteiger partial charge >= 0.3 is 11.8 Å². The molecule has 0 N–H and O–H groups in total. The molecule has 2 aliphatic heterocycles. The van der Waals surface area contributed by atoms with Crippen molar-refractivity contribution in [3.8, 4) is 0 Å². The topological polar surface area (TPSA) is 87.2 Å². The van der Waals surface area contributed by atoms with Gasteiger partial charge in [-0.25, -0.2) is 8.42 Å². The lowest BCUT2D eigenvalue weighted by molar-refractivity contribution is -0.153. The summed E-state index contributed by atoms with van der Waals surface area (Å²) in [4.78, 5) is 30.8. The molecule has 154 valence electrons. The first-order chi connectivity index (χ1) is 13.4. The molecule has 0 aliphatic carbocycles. The van der Waals surface area contributed by atoms with E-state index in [2.05, 4.69) is 4.90 Å². The summed E-state index contributed by atoms with van der Waals surface area (Å²) in [6.45, 7) is 2.70. The van der Waals surface area contributed by atoms with Crippen molar-refractivity contribution in [2.45, 2.75) is 12.5 Å². The van der Waals surface area contributed by atoms with Gasteiger partial charge in [-0.15, -0.1) is 0 Å². The zero-order valence-electron chi connectivity index (χ0n) is 16.1. The van der Waals surface area contributed by atoms with Crippen molar-refractivity contribution < 1.29 is 22.7 Å². The molecule has 0 spiro atoms. The molecular weight excluding hydrogens is 382 g/mol. The molecule has 0 radical (unpaired) electrons. The zero-order chi connectivity index (χ0) is 20.1. The van der Waals surface area contributed by atoms with Gasteiger partial charge in [0.05, 0.1) is 18.1 Å². The Labute approximate surface area is 166 Å². The van der Waals surface area contributed by atoms with E-state index < -0.39 is 27.7 Å². The fraction of sp³-hybridized carbons (Fsp3) is 0.579. The highest BCUT2D eigenvalue weighted by Gasteiger charge is 2.38. The molecule has 0 aromatic heterocycles. The summed E-state index contributed by atoms with van der Waals surface area (Å²) in [5.74, 6) is -1.23. The summed E-state index contributed by atoms with van der Waals surface area (Å²) in [5.41, 5.74) is 1.10. The maximum absolute atomic E-state index is 12.9. The Kier molecular flexibility index (Phi) is 6.56. The van der Waals surface area contributed by atoms with E-state index in [1.807, 2.05) is 30.3 Å². The highest BCUT2D eigenvalue weighted by Crippen LogP contribution is 2.20. The number of para-hydroxylation sites is 1.